The number of benzene rings is 2. The maximum atomic E-state index is 13.1. The molecule has 2 aliphatic rings. The molecule has 4 rings (SSSR count). The molecule has 0 unspecified atom stereocenters. The molecule has 1 heterocycles. The van der Waals surface area contributed by atoms with Crippen LogP contribution in [0, 0.1) is 5.92 Å². The lowest BCUT2D eigenvalue weighted by Crippen LogP contribution is -2.40. The lowest BCUT2D eigenvalue weighted by atomic mass is 9.87. The van der Waals surface area contributed by atoms with Gasteiger partial charge >= 0.3 is 18.0 Å². The van der Waals surface area contributed by atoms with Crippen LogP contribution in [0.4, 0.5) is 4.79 Å². The molecule has 1 amide bonds. The van der Waals surface area contributed by atoms with Gasteiger partial charge in [0, 0.05) is 6.42 Å². The van der Waals surface area contributed by atoms with Crippen LogP contribution >= 0.6 is 0 Å². The molecular weight excluding hydrogens is 498 g/mol. The zero-order chi connectivity index (χ0) is 27.8. The van der Waals surface area contributed by atoms with Crippen LogP contribution < -0.4 is 0 Å². The van der Waals surface area contributed by atoms with E-state index in [9.17, 15) is 14.4 Å². The van der Waals surface area contributed by atoms with Crippen LogP contribution in [0.2, 0.25) is 0 Å². The Kier molecular flexibility index (Phi) is 9.62. The normalized spacial score (nSPS) is 23.2. The average Bonchev–Trinajstić information content (AvgIpc) is 3.33. The van der Waals surface area contributed by atoms with Gasteiger partial charge in [0.05, 0.1) is 36.8 Å². The Labute approximate surface area is 230 Å². The fourth-order valence-electron chi connectivity index (χ4n) is 5.03. The Morgan fingerprint density at radius 1 is 0.872 bits per heavy atom. The van der Waals surface area contributed by atoms with Crippen molar-refractivity contribution in [2.75, 3.05) is 13.2 Å². The number of hydrogen-bond donors (Lipinski definition) is 0. The summed E-state index contributed by atoms with van der Waals surface area (Å²) in [4.78, 5) is 39.8. The van der Waals surface area contributed by atoms with E-state index < -0.39 is 23.8 Å². The highest BCUT2D eigenvalue weighted by Crippen LogP contribution is 2.30. The number of carbonyl (C=O) groups is 3. The number of esters is 2. The Balaban J connectivity index is 1.32. The summed E-state index contributed by atoms with van der Waals surface area (Å²) in [5.74, 6) is -0.672. The second-order valence-corrected chi connectivity index (χ2v) is 11.3. The van der Waals surface area contributed by atoms with Crippen molar-refractivity contribution < 1.29 is 33.3 Å². The summed E-state index contributed by atoms with van der Waals surface area (Å²) in [6.45, 7) is 6.34. The number of amides is 1. The van der Waals surface area contributed by atoms with Gasteiger partial charge in [0.25, 0.3) is 0 Å². The average molecular weight is 538 g/mol. The van der Waals surface area contributed by atoms with Crippen molar-refractivity contribution in [3.63, 3.8) is 0 Å². The van der Waals surface area contributed by atoms with E-state index in [1.54, 1.807) is 29.2 Å². The fraction of sp³-hybridized carbons (Fsp3) is 0.516. The summed E-state index contributed by atoms with van der Waals surface area (Å²) in [5, 5.41) is 0. The molecule has 0 N–H and O–H groups in total. The summed E-state index contributed by atoms with van der Waals surface area (Å²) in [5.41, 5.74) is 0.871. The molecule has 0 radical (unpaired) electrons. The second kappa shape index (κ2) is 13.1. The number of ether oxygens (including phenoxy) is 4. The van der Waals surface area contributed by atoms with Crippen LogP contribution in [-0.4, -0.2) is 59.9 Å². The predicted octanol–water partition coefficient (Wildman–Crippen LogP) is 5.54. The van der Waals surface area contributed by atoms with Crippen LogP contribution in [0.25, 0.3) is 0 Å². The van der Waals surface area contributed by atoms with E-state index >= 15 is 0 Å². The van der Waals surface area contributed by atoms with Gasteiger partial charge in [-0.1, -0.05) is 48.5 Å². The van der Waals surface area contributed by atoms with Gasteiger partial charge in [-0.3, -0.25) is 9.69 Å². The molecule has 2 aromatic rings. The number of carbonyl (C=O) groups excluding carboxylic acids is 3. The maximum absolute atomic E-state index is 13.1. The quantitative estimate of drug-likeness (QED) is 0.323. The molecule has 210 valence electrons. The highest BCUT2D eigenvalue weighted by molar-refractivity contribution is 5.89. The van der Waals surface area contributed by atoms with Gasteiger partial charge < -0.3 is 18.9 Å². The van der Waals surface area contributed by atoms with Gasteiger partial charge in [-0.15, -0.1) is 0 Å². The number of rotatable bonds is 8. The maximum Gasteiger partial charge on any atom is 0.410 e. The molecule has 1 saturated heterocycles. The fourth-order valence-corrected chi connectivity index (χ4v) is 5.03. The molecule has 2 aromatic carbocycles. The molecule has 0 aromatic heterocycles. The molecule has 8 heteroatoms. The highest BCUT2D eigenvalue weighted by Gasteiger charge is 2.39. The molecule has 0 spiro atoms. The second-order valence-electron chi connectivity index (χ2n) is 11.3. The van der Waals surface area contributed by atoms with Crippen molar-refractivity contribution in [3.05, 3.63) is 71.8 Å². The molecule has 2 fully saturated rings. The van der Waals surface area contributed by atoms with Crippen molar-refractivity contribution in [3.8, 4) is 0 Å². The summed E-state index contributed by atoms with van der Waals surface area (Å²) in [6.07, 6.45) is 2.47. The van der Waals surface area contributed by atoms with Gasteiger partial charge in [-0.2, -0.15) is 0 Å². The molecule has 8 nitrogen and oxygen atoms in total. The minimum Gasteiger partial charge on any atom is -0.460 e. The minimum absolute atomic E-state index is 0.00297. The zero-order valence-corrected chi connectivity index (χ0v) is 23.0. The number of nitrogens with zero attached hydrogens (tertiary/aromatic N) is 1. The van der Waals surface area contributed by atoms with Crippen molar-refractivity contribution in [2.45, 2.75) is 83.3 Å². The van der Waals surface area contributed by atoms with Crippen LogP contribution in [-0.2, 0) is 30.3 Å². The lowest BCUT2D eigenvalue weighted by molar-refractivity contribution is -0.162. The van der Waals surface area contributed by atoms with Crippen LogP contribution in [0.15, 0.2) is 60.7 Å². The van der Waals surface area contributed by atoms with Gasteiger partial charge in [-0.25, -0.2) is 9.59 Å². The topological polar surface area (TPSA) is 91.4 Å². The predicted molar refractivity (Wildman–Crippen MR) is 145 cm³/mol. The highest BCUT2D eigenvalue weighted by atomic mass is 16.6. The first kappa shape index (κ1) is 28.6. The SMILES string of the molecule is CC(C)(C)OC(=O)C1CCC(OC[C@@H]2C[C@@H](OC(=O)c3ccccc3)CN2C(=O)OCc2ccccc2)CC1. The third kappa shape index (κ3) is 8.55. The first-order chi connectivity index (χ1) is 18.7. The van der Waals surface area contributed by atoms with Crippen LogP contribution in [0.5, 0.6) is 0 Å². The summed E-state index contributed by atoms with van der Waals surface area (Å²) in [6, 6.07) is 18.0. The first-order valence-electron chi connectivity index (χ1n) is 13.8. The molecular formula is C31H39NO7. The van der Waals surface area contributed by atoms with Gasteiger partial charge in [0.1, 0.15) is 18.3 Å². The van der Waals surface area contributed by atoms with Crippen molar-refractivity contribution in [1.82, 2.24) is 4.90 Å². The van der Waals surface area contributed by atoms with Crippen molar-refractivity contribution in [1.29, 1.82) is 0 Å². The monoisotopic (exact) mass is 537 g/mol. The Morgan fingerprint density at radius 3 is 2.15 bits per heavy atom. The molecule has 1 aliphatic heterocycles. The smallest absolute Gasteiger partial charge is 0.410 e. The molecule has 1 saturated carbocycles. The van der Waals surface area contributed by atoms with Gasteiger partial charge in [0.15, 0.2) is 0 Å². The van der Waals surface area contributed by atoms with E-state index in [2.05, 4.69) is 0 Å². The Morgan fingerprint density at radius 2 is 1.51 bits per heavy atom. The summed E-state index contributed by atoms with van der Waals surface area (Å²) in [7, 11) is 0. The van der Waals surface area contributed by atoms with E-state index in [1.165, 1.54) is 0 Å². The van der Waals surface area contributed by atoms with Gasteiger partial charge in [0.2, 0.25) is 0 Å². The number of hydrogen-bond acceptors (Lipinski definition) is 7. The minimum atomic E-state index is -0.494. The summed E-state index contributed by atoms with van der Waals surface area (Å²) < 4.78 is 23.1. The van der Waals surface area contributed by atoms with E-state index in [4.69, 9.17) is 18.9 Å². The van der Waals surface area contributed by atoms with Crippen LogP contribution in [0.3, 0.4) is 0 Å². The van der Waals surface area contributed by atoms with E-state index in [-0.39, 0.29) is 37.2 Å². The standard InChI is InChI=1S/C31H39NO7/c1-31(2,3)39-29(34)24-14-16-26(17-15-24)36-21-25-18-27(38-28(33)23-12-8-5-9-13-23)19-32(25)30(35)37-20-22-10-6-4-7-11-22/h4-13,24-27H,14-21H2,1-3H3/t24?,25-,26?,27+/m0/s1. The lowest BCUT2D eigenvalue weighted by Gasteiger charge is -2.31. The zero-order valence-electron chi connectivity index (χ0n) is 23.0. The van der Waals surface area contributed by atoms with E-state index in [0.29, 0.717) is 31.4 Å². The van der Waals surface area contributed by atoms with E-state index in [0.717, 1.165) is 18.4 Å². The first-order valence-corrected chi connectivity index (χ1v) is 13.8. The molecule has 1 aliphatic carbocycles. The Hall–Kier alpha value is -3.39. The van der Waals surface area contributed by atoms with E-state index in [1.807, 2.05) is 57.2 Å². The molecule has 0 bridgehead atoms. The summed E-state index contributed by atoms with van der Waals surface area (Å²) >= 11 is 0. The van der Waals surface area contributed by atoms with Crippen LogP contribution in [0.1, 0.15) is 68.8 Å². The number of likely N-dealkylation sites (tertiary alicyclic amines) is 1. The third-order valence-electron chi connectivity index (χ3n) is 7.04. The molecule has 39 heavy (non-hydrogen) atoms. The molecule has 2 atom stereocenters. The largest absolute Gasteiger partial charge is 0.460 e. The van der Waals surface area contributed by atoms with Crippen molar-refractivity contribution >= 4 is 18.0 Å². The Bertz CT molecular complexity index is 1090. The third-order valence-corrected chi connectivity index (χ3v) is 7.04. The van der Waals surface area contributed by atoms with Crippen molar-refractivity contribution in [2.24, 2.45) is 5.92 Å². The van der Waals surface area contributed by atoms with Gasteiger partial charge in [-0.05, 0) is 64.2 Å².